The number of ether oxygens (including phenoxy) is 1. The summed E-state index contributed by atoms with van der Waals surface area (Å²) in [5.74, 6) is 1.19. The van der Waals surface area contributed by atoms with Gasteiger partial charge in [-0.25, -0.2) is 9.50 Å². The van der Waals surface area contributed by atoms with Gasteiger partial charge in [0.15, 0.2) is 11.5 Å². The van der Waals surface area contributed by atoms with Crippen molar-refractivity contribution in [3.63, 3.8) is 0 Å². The summed E-state index contributed by atoms with van der Waals surface area (Å²) in [6.45, 7) is 1.58. The highest BCUT2D eigenvalue weighted by Gasteiger charge is 2.20. The third kappa shape index (κ3) is 1.79. The van der Waals surface area contributed by atoms with Crippen molar-refractivity contribution in [3.8, 4) is 0 Å². The Kier molecular flexibility index (Phi) is 2.53. The van der Waals surface area contributed by atoms with E-state index in [-0.39, 0.29) is 0 Å². The van der Waals surface area contributed by atoms with Crippen LogP contribution >= 0.6 is 11.6 Å². The Morgan fingerprint density at radius 1 is 1.44 bits per heavy atom. The van der Waals surface area contributed by atoms with Crippen molar-refractivity contribution in [1.29, 1.82) is 0 Å². The van der Waals surface area contributed by atoms with Crippen LogP contribution in [0.3, 0.4) is 0 Å². The zero-order valence-corrected chi connectivity index (χ0v) is 9.52. The molecule has 3 heterocycles. The highest BCUT2D eigenvalue weighted by atomic mass is 35.5. The summed E-state index contributed by atoms with van der Waals surface area (Å²) in [5.41, 5.74) is 0.838. The van der Waals surface area contributed by atoms with Crippen LogP contribution in [0.2, 0.25) is 5.02 Å². The first-order valence-electron chi connectivity index (χ1n) is 5.42. The van der Waals surface area contributed by atoms with E-state index in [1.54, 1.807) is 10.7 Å². The second-order valence-corrected chi connectivity index (χ2v) is 4.47. The first-order valence-corrected chi connectivity index (χ1v) is 5.80. The van der Waals surface area contributed by atoms with Gasteiger partial charge in [0.1, 0.15) is 0 Å². The van der Waals surface area contributed by atoms with Crippen LogP contribution in [0, 0.1) is 0 Å². The molecule has 1 unspecified atom stereocenters. The molecule has 0 aromatic carbocycles. The van der Waals surface area contributed by atoms with E-state index in [1.165, 1.54) is 0 Å². The lowest BCUT2D eigenvalue weighted by atomic mass is 10.0. The van der Waals surface area contributed by atoms with Gasteiger partial charge >= 0.3 is 0 Å². The van der Waals surface area contributed by atoms with Crippen LogP contribution in [0.5, 0.6) is 0 Å². The summed E-state index contributed by atoms with van der Waals surface area (Å²) in [4.78, 5) is 4.49. The van der Waals surface area contributed by atoms with Gasteiger partial charge in [-0.15, -0.1) is 0 Å². The van der Waals surface area contributed by atoms with Crippen molar-refractivity contribution in [2.45, 2.75) is 18.8 Å². The van der Waals surface area contributed by atoms with Gasteiger partial charge in [-0.1, -0.05) is 11.6 Å². The molecule has 1 saturated heterocycles. The quantitative estimate of drug-likeness (QED) is 0.764. The smallest absolute Gasteiger partial charge is 0.157 e. The first-order chi connectivity index (χ1) is 7.83. The van der Waals surface area contributed by atoms with Crippen LogP contribution in [0.15, 0.2) is 18.3 Å². The minimum atomic E-state index is 0.326. The van der Waals surface area contributed by atoms with Crippen LogP contribution in [0.25, 0.3) is 5.65 Å². The van der Waals surface area contributed by atoms with E-state index < -0.39 is 0 Å². The van der Waals surface area contributed by atoms with E-state index in [1.807, 2.05) is 12.1 Å². The van der Waals surface area contributed by atoms with E-state index >= 15 is 0 Å². The molecule has 5 heteroatoms. The van der Waals surface area contributed by atoms with Crippen molar-refractivity contribution in [2.24, 2.45) is 0 Å². The van der Waals surface area contributed by atoms with E-state index in [4.69, 9.17) is 16.3 Å². The molecular weight excluding hydrogens is 226 g/mol. The Morgan fingerprint density at radius 2 is 2.38 bits per heavy atom. The Hall–Kier alpha value is -1.13. The van der Waals surface area contributed by atoms with Crippen LogP contribution in [-0.2, 0) is 4.74 Å². The standard InChI is InChI=1S/C11H12ClN3O/c12-9-3-4-10-13-11(14-15(10)6-9)8-2-1-5-16-7-8/h3-4,6,8H,1-2,5,7H2. The van der Waals surface area contributed by atoms with Gasteiger partial charge in [0.05, 0.1) is 11.6 Å². The second kappa shape index (κ2) is 4.03. The van der Waals surface area contributed by atoms with Crippen molar-refractivity contribution < 1.29 is 4.74 Å². The molecule has 3 rings (SSSR count). The van der Waals surface area contributed by atoms with Crippen LogP contribution in [0.1, 0.15) is 24.6 Å². The van der Waals surface area contributed by atoms with E-state index in [0.29, 0.717) is 10.9 Å². The number of fused-ring (bicyclic) bond motifs is 1. The number of hydrogen-bond donors (Lipinski definition) is 0. The van der Waals surface area contributed by atoms with Crippen LogP contribution in [-0.4, -0.2) is 27.8 Å². The van der Waals surface area contributed by atoms with Gasteiger partial charge < -0.3 is 4.74 Å². The maximum Gasteiger partial charge on any atom is 0.157 e. The van der Waals surface area contributed by atoms with Gasteiger partial charge in [0, 0.05) is 18.7 Å². The maximum atomic E-state index is 5.90. The molecule has 1 atom stereocenters. The van der Waals surface area contributed by atoms with Gasteiger partial charge in [-0.3, -0.25) is 0 Å². The molecule has 4 nitrogen and oxygen atoms in total. The topological polar surface area (TPSA) is 39.4 Å². The highest BCUT2D eigenvalue weighted by Crippen LogP contribution is 2.23. The molecule has 0 radical (unpaired) electrons. The molecule has 16 heavy (non-hydrogen) atoms. The minimum Gasteiger partial charge on any atom is -0.381 e. The summed E-state index contributed by atoms with van der Waals surface area (Å²) >= 11 is 5.90. The monoisotopic (exact) mass is 237 g/mol. The van der Waals surface area contributed by atoms with Crippen LogP contribution < -0.4 is 0 Å². The lowest BCUT2D eigenvalue weighted by Crippen LogP contribution is -2.16. The number of halogens is 1. The van der Waals surface area contributed by atoms with Crippen LogP contribution in [0.4, 0.5) is 0 Å². The van der Waals surface area contributed by atoms with Gasteiger partial charge in [-0.2, -0.15) is 5.10 Å². The lowest BCUT2D eigenvalue weighted by Gasteiger charge is -2.18. The van der Waals surface area contributed by atoms with Crippen molar-refractivity contribution in [3.05, 3.63) is 29.2 Å². The van der Waals surface area contributed by atoms with Crippen molar-refractivity contribution in [2.75, 3.05) is 13.2 Å². The number of pyridine rings is 1. The summed E-state index contributed by atoms with van der Waals surface area (Å²) < 4.78 is 7.17. The molecular formula is C11H12ClN3O. The maximum absolute atomic E-state index is 5.90. The van der Waals surface area contributed by atoms with Gasteiger partial charge in [0.2, 0.25) is 0 Å². The highest BCUT2D eigenvalue weighted by molar-refractivity contribution is 6.30. The summed E-state index contributed by atoms with van der Waals surface area (Å²) in [6.07, 6.45) is 3.96. The number of aromatic nitrogens is 3. The molecule has 2 aromatic rings. The third-order valence-electron chi connectivity index (χ3n) is 2.84. The fraction of sp³-hybridized carbons (Fsp3) is 0.455. The normalized spacial score (nSPS) is 21.4. The van der Waals surface area contributed by atoms with Crippen molar-refractivity contribution >= 4 is 17.2 Å². The predicted octanol–water partition coefficient (Wildman–Crippen LogP) is 2.28. The minimum absolute atomic E-state index is 0.326. The molecule has 1 aliphatic rings. The van der Waals surface area contributed by atoms with E-state index in [2.05, 4.69) is 10.1 Å². The lowest BCUT2D eigenvalue weighted by molar-refractivity contribution is 0.0781. The van der Waals surface area contributed by atoms with E-state index in [9.17, 15) is 0 Å². The zero-order chi connectivity index (χ0) is 11.0. The molecule has 1 aliphatic heterocycles. The molecule has 0 aliphatic carbocycles. The SMILES string of the molecule is Clc1ccc2nc(C3CCCOC3)nn2c1. The fourth-order valence-electron chi connectivity index (χ4n) is 1.99. The molecule has 0 spiro atoms. The number of rotatable bonds is 1. The Bertz CT molecular complexity index is 505. The van der Waals surface area contributed by atoms with E-state index in [0.717, 1.165) is 37.5 Å². The Morgan fingerprint density at radius 3 is 3.19 bits per heavy atom. The third-order valence-corrected chi connectivity index (χ3v) is 3.06. The Balaban J connectivity index is 1.97. The first kappa shape index (κ1) is 10.1. The average molecular weight is 238 g/mol. The fourth-order valence-corrected chi connectivity index (χ4v) is 2.15. The molecule has 1 fully saturated rings. The Labute approximate surface area is 98.2 Å². The molecule has 0 N–H and O–H groups in total. The van der Waals surface area contributed by atoms with Gasteiger partial charge in [0.25, 0.3) is 0 Å². The second-order valence-electron chi connectivity index (χ2n) is 4.03. The van der Waals surface area contributed by atoms with Crippen molar-refractivity contribution in [1.82, 2.24) is 14.6 Å². The predicted molar refractivity (Wildman–Crippen MR) is 60.8 cm³/mol. The molecule has 0 bridgehead atoms. The average Bonchev–Trinajstić information content (AvgIpc) is 2.73. The molecule has 0 amide bonds. The number of nitrogens with zero attached hydrogens (tertiary/aromatic N) is 3. The van der Waals surface area contributed by atoms with Gasteiger partial charge in [-0.05, 0) is 25.0 Å². The largest absolute Gasteiger partial charge is 0.381 e. The molecule has 84 valence electrons. The molecule has 0 saturated carbocycles. The summed E-state index contributed by atoms with van der Waals surface area (Å²) in [5, 5.41) is 5.11. The zero-order valence-electron chi connectivity index (χ0n) is 8.77. The summed E-state index contributed by atoms with van der Waals surface area (Å²) in [6, 6.07) is 3.70. The summed E-state index contributed by atoms with van der Waals surface area (Å²) in [7, 11) is 0. The number of hydrogen-bond acceptors (Lipinski definition) is 3. The molecule has 2 aromatic heterocycles.